The zero-order valence-electron chi connectivity index (χ0n) is 8.42. The number of imidazole rings is 1. The molecular weight excluding hydrogens is 192 g/mol. The highest BCUT2D eigenvalue weighted by Crippen LogP contribution is 2.29. The van der Waals surface area contributed by atoms with Crippen molar-refractivity contribution in [2.24, 2.45) is 0 Å². The molecule has 0 bridgehead atoms. The number of nitrogens with zero attached hydrogens (tertiary/aromatic N) is 2. The fourth-order valence-electron chi connectivity index (χ4n) is 2.18. The SMILES string of the molecule is CCc1cn2c3c(sc2n1)CCCC3. The summed E-state index contributed by atoms with van der Waals surface area (Å²) in [4.78, 5) is 7.39. The van der Waals surface area contributed by atoms with Crippen molar-refractivity contribution in [1.29, 1.82) is 0 Å². The van der Waals surface area contributed by atoms with E-state index >= 15 is 0 Å². The van der Waals surface area contributed by atoms with E-state index in [4.69, 9.17) is 0 Å². The Kier molecular flexibility index (Phi) is 1.87. The highest BCUT2D eigenvalue weighted by molar-refractivity contribution is 7.17. The second-order valence-corrected chi connectivity index (χ2v) is 4.98. The summed E-state index contributed by atoms with van der Waals surface area (Å²) in [6, 6.07) is 0. The van der Waals surface area contributed by atoms with Crippen LogP contribution in [-0.2, 0) is 19.3 Å². The van der Waals surface area contributed by atoms with Crippen molar-refractivity contribution < 1.29 is 0 Å². The minimum Gasteiger partial charge on any atom is -0.294 e. The average Bonchev–Trinajstić information content (AvgIpc) is 2.73. The van der Waals surface area contributed by atoms with Gasteiger partial charge in [0.05, 0.1) is 5.69 Å². The van der Waals surface area contributed by atoms with Crippen LogP contribution in [0.3, 0.4) is 0 Å². The van der Waals surface area contributed by atoms with Crippen LogP contribution in [0.15, 0.2) is 6.20 Å². The first-order valence-corrected chi connectivity index (χ1v) is 6.18. The van der Waals surface area contributed by atoms with E-state index in [0.29, 0.717) is 0 Å². The molecule has 2 heterocycles. The number of fused-ring (bicyclic) bond motifs is 3. The Hall–Kier alpha value is -0.830. The number of hydrogen-bond acceptors (Lipinski definition) is 2. The zero-order valence-corrected chi connectivity index (χ0v) is 9.23. The van der Waals surface area contributed by atoms with Crippen molar-refractivity contribution in [3.05, 3.63) is 22.5 Å². The van der Waals surface area contributed by atoms with Gasteiger partial charge in [-0.2, -0.15) is 0 Å². The Morgan fingerprint density at radius 3 is 3.14 bits per heavy atom. The predicted molar refractivity (Wildman–Crippen MR) is 59.1 cm³/mol. The van der Waals surface area contributed by atoms with Gasteiger partial charge in [-0.15, -0.1) is 11.3 Å². The molecule has 0 unspecified atom stereocenters. The van der Waals surface area contributed by atoms with E-state index in [2.05, 4.69) is 22.5 Å². The normalized spacial score (nSPS) is 16.1. The molecule has 0 saturated heterocycles. The predicted octanol–water partition coefficient (Wildman–Crippen LogP) is 2.84. The Labute approximate surface area is 87.6 Å². The second-order valence-electron chi connectivity index (χ2n) is 3.92. The lowest BCUT2D eigenvalue weighted by Crippen LogP contribution is -2.01. The molecule has 0 saturated carbocycles. The first kappa shape index (κ1) is 8.48. The summed E-state index contributed by atoms with van der Waals surface area (Å²) in [7, 11) is 0. The van der Waals surface area contributed by atoms with Crippen LogP contribution in [-0.4, -0.2) is 9.38 Å². The summed E-state index contributed by atoms with van der Waals surface area (Å²) >= 11 is 1.89. The Morgan fingerprint density at radius 2 is 2.29 bits per heavy atom. The molecule has 2 nitrogen and oxygen atoms in total. The fourth-order valence-corrected chi connectivity index (χ4v) is 3.39. The molecule has 0 spiro atoms. The van der Waals surface area contributed by atoms with Crippen molar-refractivity contribution in [3.8, 4) is 0 Å². The van der Waals surface area contributed by atoms with E-state index in [0.717, 1.165) is 6.42 Å². The van der Waals surface area contributed by atoms with Crippen LogP contribution < -0.4 is 0 Å². The van der Waals surface area contributed by atoms with Gasteiger partial charge in [0, 0.05) is 16.8 Å². The van der Waals surface area contributed by atoms with E-state index in [1.165, 1.54) is 42.0 Å². The van der Waals surface area contributed by atoms with Crippen molar-refractivity contribution in [1.82, 2.24) is 9.38 Å². The van der Waals surface area contributed by atoms with Gasteiger partial charge in [-0.3, -0.25) is 4.40 Å². The van der Waals surface area contributed by atoms with Crippen molar-refractivity contribution >= 4 is 16.3 Å². The number of rotatable bonds is 1. The fraction of sp³-hybridized carbons (Fsp3) is 0.545. The monoisotopic (exact) mass is 206 g/mol. The molecule has 1 aliphatic rings. The number of aromatic nitrogens is 2. The van der Waals surface area contributed by atoms with Crippen LogP contribution in [0.2, 0.25) is 0 Å². The zero-order chi connectivity index (χ0) is 9.54. The number of aryl methyl sites for hydroxylation is 3. The third kappa shape index (κ3) is 1.12. The summed E-state index contributed by atoms with van der Waals surface area (Å²) in [5.74, 6) is 0. The van der Waals surface area contributed by atoms with Crippen molar-refractivity contribution in [2.45, 2.75) is 39.0 Å². The summed E-state index contributed by atoms with van der Waals surface area (Å²) in [6.45, 7) is 2.17. The molecular formula is C11H14N2S. The molecule has 3 rings (SSSR count). The lowest BCUT2D eigenvalue weighted by atomic mass is 10.0. The van der Waals surface area contributed by atoms with E-state index in [-0.39, 0.29) is 0 Å². The van der Waals surface area contributed by atoms with Crippen molar-refractivity contribution in [3.63, 3.8) is 0 Å². The van der Waals surface area contributed by atoms with Gasteiger partial charge in [-0.25, -0.2) is 4.98 Å². The first-order valence-electron chi connectivity index (χ1n) is 5.37. The maximum atomic E-state index is 4.62. The van der Waals surface area contributed by atoms with E-state index in [9.17, 15) is 0 Å². The lowest BCUT2D eigenvalue weighted by Gasteiger charge is -2.09. The Balaban J connectivity index is 2.21. The van der Waals surface area contributed by atoms with Gasteiger partial charge in [-0.1, -0.05) is 6.92 Å². The third-order valence-electron chi connectivity index (χ3n) is 2.98. The molecule has 0 radical (unpaired) electrons. The van der Waals surface area contributed by atoms with Crippen LogP contribution in [0.1, 0.15) is 36.0 Å². The van der Waals surface area contributed by atoms with Gasteiger partial charge in [0.1, 0.15) is 0 Å². The van der Waals surface area contributed by atoms with Gasteiger partial charge in [0.2, 0.25) is 0 Å². The maximum absolute atomic E-state index is 4.62. The second kappa shape index (κ2) is 3.09. The summed E-state index contributed by atoms with van der Waals surface area (Å²) in [6.07, 6.45) is 8.48. The molecule has 1 aliphatic carbocycles. The molecule has 74 valence electrons. The summed E-state index contributed by atoms with van der Waals surface area (Å²) in [5.41, 5.74) is 2.76. The standard InChI is InChI=1S/C11H14N2S/c1-2-8-7-13-9-5-3-4-6-10(9)14-11(13)12-8/h7H,2-6H2,1H3. The van der Waals surface area contributed by atoms with Crippen LogP contribution in [0.4, 0.5) is 0 Å². The van der Waals surface area contributed by atoms with Crippen LogP contribution >= 0.6 is 11.3 Å². The molecule has 3 heteroatoms. The van der Waals surface area contributed by atoms with Crippen molar-refractivity contribution in [2.75, 3.05) is 0 Å². The maximum Gasteiger partial charge on any atom is 0.194 e. The molecule has 0 aromatic carbocycles. The van der Waals surface area contributed by atoms with Gasteiger partial charge < -0.3 is 0 Å². The third-order valence-corrected chi connectivity index (χ3v) is 4.14. The minimum absolute atomic E-state index is 1.04. The largest absolute Gasteiger partial charge is 0.294 e. The van der Waals surface area contributed by atoms with Crippen LogP contribution in [0, 0.1) is 0 Å². The Morgan fingerprint density at radius 1 is 1.43 bits per heavy atom. The molecule has 0 fully saturated rings. The molecule has 0 amide bonds. The highest BCUT2D eigenvalue weighted by atomic mass is 32.1. The van der Waals surface area contributed by atoms with Gasteiger partial charge in [-0.05, 0) is 32.1 Å². The van der Waals surface area contributed by atoms with Gasteiger partial charge in [0.25, 0.3) is 0 Å². The smallest absolute Gasteiger partial charge is 0.194 e. The Bertz CT molecular complexity index is 467. The average molecular weight is 206 g/mol. The van der Waals surface area contributed by atoms with Gasteiger partial charge in [0.15, 0.2) is 4.96 Å². The quantitative estimate of drug-likeness (QED) is 0.701. The van der Waals surface area contributed by atoms with Crippen LogP contribution in [0.25, 0.3) is 4.96 Å². The number of hydrogen-bond donors (Lipinski definition) is 0. The molecule has 0 N–H and O–H groups in total. The van der Waals surface area contributed by atoms with Gasteiger partial charge >= 0.3 is 0 Å². The highest BCUT2D eigenvalue weighted by Gasteiger charge is 2.16. The van der Waals surface area contributed by atoms with E-state index < -0.39 is 0 Å². The lowest BCUT2D eigenvalue weighted by molar-refractivity contribution is 0.674. The first-order chi connectivity index (χ1) is 6.88. The van der Waals surface area contributed by atoms with Crippen LogP contribution in [0.5, 0.6) is 0 Å². The molecule has 2 aromatic heterocycles. The summed E-state index contributed by atoms with van der Waals surface area (Å²) < 4.78 is 2.32. The van der Waals surface area contributed by atoms with E-state index in [1.54, 1.807) is 4.88 Å². The molecule has 2 aromatic rings. The topological polar surface area (TPSA) is 17.3 Å². The molecule has 0 atom stereocenters. The molecule has 0 aliphatic heterocycles. The number of thiazole rings is 1. The molecule has 14 heavy (non-hydrogen) atoms. The summed E-state index contributed by atoms with van der Waals surface area (Å²) in [5, 5.41) is 0. The van der Waals surface area contributed by atoms with E-state index in [1.807, 2.05) is 11.3 Å². The minimum atomic E-state index is 1.04.